The van der Waals surface area contributed by atoms with Gasteiger partial charge in [-0.05, 0) is 18.6 Å². The van der Waals surface area contributed by atoms with Gasteiger partial charge < -0.3 is 10.1 Å². The predicted octanol–water partition coefficient (Wildman–Crippen LogP) is 1.76. The number of hydrogen-bond donors (Lipinski definition) is 2. The van der Waals surface area contributed by atoms with Crippen LogP contribution in [-0.2, 0) is 16.1 Å². The monoisotopic (exact) mass is 392 g/mol. The van der Waals surface area contributed by atoms with E-state index in [1.165, 1.54) is 4.57 Å². The molecule has 0 aliphatic heterocycles. The van der Waals surface area contributed by atoms with Crippen LogP contribution in [0.4, 0.5) is 4.79 Å². The van der Waals surface area contributed by atoms with Crippen molar-refractivity contribution in [1.82, 2.24) is 20.2 Å². The van der Waals surface area contributed by atoms with Crippen LogP contribution in [0.25, 0.3) is 10.9 Å². The van der Waals surface area contributed by atoms with Gasteiger partial charge in [-0.3, -0.25) is 19.5 Å². The van der Waals surface area contributed by atoms with Gasteiger partial charge in [0.05, 0.1) is 29.8 Å². The number of unbranched alkanes of at least 4 members (excludes halogenated alkanes) is 1. The molecule has 0 saturated carbocycles. The SMILES string of the molecule is CCCCNC(=O)NC(=O)CSc1nc2ccccc2c(=O)n1CCOC. The van der Waals surface area contributed by atoms with Gasteiger partial charge in [-0.25, -0.2) is 9.78 Å². The Bertz CT molecular complexity index is 853. The molecule has 0 radical (unpaired) electrons. The summed E-state index contributed by atoms with van der Waals surface area (Å²) in [6.07, 6.45) is 1.81. The van der Waals surface area contributed by atoms with E-state index < -0.39 is 11.9 Å². The van der Waals surface area contributed by atoms with Crippen LogP contribution in [0.15, 0.2) is 34.2 Å². The number of imide groups is 1. The van der Waals surface area contributed by atoms with Gasteiger partial charge in [-0.2, -0.15) is 0 Å². The number of nitrogens with one attached hydrogen (secondary N) is 2. The number of para-hydroxylation sites is 1. The topological polar surface area (TPSA) is 102 Å². The summed E-state index contributed by atoms with van der Waals surface area (Å²) in [5, 5.41) is 5.82. The van der Waals surface area contributed by atoms with Gasteiger partial charge in [-0.15, -0.1) is 0 Å². The maximum atomic E-state index is 12.7. The van der Waals surface area contributed by atoms with Crippen molar-refractivity contribution in [3.05, 3.63) is 34.6 Å². The van der Waals surface area contributed by atoms with Gasteiger partial charge in [0, 0.05) is 13.7 Å². The van der Waals surface area contributed by atoms with Crippen molar-refractivity contribution in [3.8, 4) is 0 Å². The second-order valence-corrected chi connectivity index (χ2v) is 6.75. The second kappa shape index (κ2) is 10.7. The first-order valence-corrected chi connectivity index (χ1v) is 9.74. The first kappa shape index (κ1) is 20.9. The second-order valence-electron chi connectivity index (χ2n) is 5.81. The predicted molar refractivity (Wildman–Crippen MR) is 105 cm³/mol. The van der Waals surface area contributed by atoms with Crippen LogP contribution in [0.3, 0.4) is 0 Å². The quantitative estimate of drug-likeness (QED) is 0.383. The highest BCUT2D eigenvalue weighted by Crippen LogP contribution is 2.17. The fraction of sp³-hybridized carbons (Fsp3) is 0.444. The highest BCUT2D eigenvalue weighted by atomic mass is 32.2. The summed E-state index contributed by atoms with van der Waals surface area (Å²) in [6.45, 7) is 3.21. The normalized spacial score (nSPS) is 10.7. The number of carbonyl (C=O) groups is 2. The van der Waals surface area contributed by atoms with Crippen LogP contribution in [0.1, 0.15) is 19.8 Å². The van der Waals surface area contributed by atoms with Gasteiger partial charge in [0.15, 0.2) is 5.16 Å². The summed E-state index contributed by atoms with van der Waals surface area (Å²) >= 11 is 1.11. The Morgan fingerprint density at radius 1 is 1.30 bits per heavy atom. The number of nitrogens with zero attached hydrogens (tertiary/aromatic N) is 2. The molecule has 1 aromatic heterocycles. The van der Waals surface area contributed by atoms with E-state index in [9.17, 15) is 14.4 Å². The fourth-order valence-corrected chi connectivity index (χ4v) is 3.18. The third-order valence-electron chi connectivity index (χ3n) is 3.75. The molecule has 0 atom stereocenters. The van der Waals surface area contributed by atoms with Crippen LogP contribution in [-0.4, -0.2) is 47.5 Å². The number of rotatable bonds is 9. The van der Waals surface area contributed by atoms with E-state index >= 15 is 0 Å². The van der Waals surface area contributed by atoms with Crippen molar-refractivity contribution >= 4 is 34.6 Å². The van der Waals surface area contributed by atoms with Gasteiger partial charge in [-0.1, -0.05) is 37.2 Å². The van der Waals surface area contributed by atoms with E-state index in [0.29, 0.717) is 35.8 Å². The van der Waals surface area contributed by atoms with Crippen molar-refractivity contribution in [2.45, 2.75) is 31.5 Å². The maximum absolute atomic E-state index is 12.7. The van der Waals surface area contributed by atoms with E-state index in [1.54, 1.807) is 31.4 Å². The summed E-state index contributed by atoms with van der Waals surface area (Å²) in [6, 6.07) is 6.54. The number of aromatic nitrogens is 2. The Morgan fingerprint density at radius 2 is 2.07 bits per heavy atom. The molecule has 0 aliphatic carbocycles. The summed E-state index contributed by atoms with van der Waals surface area (Å²) in [5.41, 5.74) is 0.384. The number of fused-ring (bicyclic) bond motifs is 1. The molecular formula is C18H24N4O4S. The summed E-state index contributed by atoms with van der Waals surface area (Å²) in [7, 11) is 1.55. The highest BCUT2D eigenvalue weighted by Gasteiger charge is 2.14. The lowest BCUT2D eigenvalue weighted by molar-refractivity contribution is -0.117. The molecule has 27 heavy (non-hydrogen) atoms. The van der Waals surface area contributed by atoms with E-state index in [2.05, 4.69) is 15.6 Å². The summed E-state index contributed by atoms with van der Waals surface area (Å²) < 4.78 is 6.55. The van der Waals surface area contributed by atoms with Crippen molar-refractivity contribution in [3.63, 3.8) is 0 Å². The van der Waals surface area contributed by atoms with Crippen molar-refractivity contribution < 1.29 is 14.3 Å². The maximum Gasteiger partial charge on any atom is 0.321 e. The molecule has 3 amide bonds. The van der Waals surface area contributed by atoms with Crippen LogP contribution >= 0.6 is 11.8 Å². The smallest absolute Gasteiger partial charge is 0.321 e. The number of urea groups is 1. The van der Waals surface area contributed by atoms with Gasteiger partial charge in [0.2, 0.25) is 5.91 Å². The Kier molecular flexibility index (Phi) is 8.28. The highest BCUT2D eigenvalue weighted by molar-refractivity contribution is 7.99. The fourth-order valence-electron chi connectivity index (χ4n) is 2.35. The molecule has 146 valence electrons. The molecule has 0 unspecified atom stereocenters. The molecule has 0 fully saturated rings. The average molecular weight is 392 g/mol. The lowest BCUT2D eigenvalue weighted by Crippen LogP contribution is -2.40. The van der Waals surface area contributed by atoms with E-state index in [0.717, 1.165) is 24.6 Å². The lowest BCUT2D eigenvalue weighted by Gasteiger charge is -2.12. The Hall–Kier alpha value is -2.39. The largest absolute Gasteiger partial charge is 0.383 e. The van der Waals surface area contributed by atoms with Gasteiger partial charge >= 0.3 is 6.03 Å². The zero-order chi connectivity index (χ0) is 19.6. The number of amides is 3. The van der Waals surface area contributed by atoms with E-state index in [4.69, 9.17) is 4.74 Å². The molecule has 0 bridgehead atoms. The Labute approximate surface area is 161 Å². The van der Waals surface area contributed by atoms with Crippen molar-refractivity contribution in [2.75, 3.05) is 26.0 Å². The van der Waals surface area contributed by atoms with E-state index in [-0.39, 0.29) is 11.3 Å². The minimum absolute atomic E-state index is 0.0288. The number of ether oxygens (including phenoxy) is 1. The summed E-state index contributed by atoms with van der Waals surface area (Å²) in [5.74, 6) is -0.478. The Morgan fingerprint density at radius 3 is 2.81 bits per heavy atom. The van der Waals surface area contributed by atoms with Crippen LogP contribution in [0.2, 0.25) is 0 Å². The Balaban J connectivity index is 2.09. The number of hydrogen-bond acceptors (Lipinski definition) is 6. The molecule has 2 rings (SSSR count). The summed E-state index contributed by atoms with van der Waals surface area (Å²) in [4.78, 5) is 40.8. The standard InChI is InChI=1S/C18H24N4O4S/c1-3-4-9-19-17(25)21-15(23)12-27-18-20-14-8-6-5-7-13(14)16(24)22(18)10-11-26-2/h5-8H,3-4,9-12H2,1-2H3,(H2,19,21,23,25). The zero-order valence-corrected chi connectivity index (χ0v) is 16.3. The number of methoxy groups -OCH3 is 1. The third kappa shape index (κ3) is 6.07. The third-order valence-corrected chi connectivity index (χ3v) is 4.72. The molecule has 0 aliphatic rings. The van der Waals surface area contributed by atoms with Crippen LogP contribution < -0.4 is 16.2 Å². The molecular weight excluding hydrogens is 368 g/mol. The molecule has 8 nitrogen and oxygen atoms in total. The molecule has 2 N–H and O–H groups in total. The minimum Gasteiger partial charge on any atom is -0.383 e. The first-order valence-electron chi connectivity index (χ1n) is 8.75. The van der Waals surface area contributed by atoms with Crippen molar-refractivity contribution in [2.24, 2.45) is 0 Å². The van der Waals surface area contributed by atoms with Gasteiger partial charge in [0.25, 0.3) is 5.56 Å². The lowest BCUT2D eigenvalue weighted by atomic mass is 10.2. The molecule has 1 heterocycles. The minimum atomic E-state index is -0.516. The average Bonchev–Trinajstić information content (AvgIpc) is 2.66. The van der Waals surface area contributed by atoms with Crippen molar-refractivity contribution in [1.29, 1.82) is 0 Å². The molecule has 2 aromatic rings. The molecule has 9 heteroatoms. The number of thioether (sulfide) groups is 1. The zero-order valence-electron chi connectivity index (χ0n) is 15.5. The van der Waals surface area contributed by atoms with Crippen LogP contribution in [0, 0.1) is 0 Å². The molecule has 0 spiro atoms. The number of carbonyl (C=O) groups excluding carboxylic acids is 2. The van der Waals surface area contributed by atoms with Crippen LogP contribution in [0.5, 0.6) is 0 Å². The first-order chi connectivity index (χ1) is 13.1. The van der Waals surface area contributed by atoms with E-state index in [1.807, 2.05) is 6.92 Å². The number of benzene rings is 1. The molecule has 1 aromatic carbocycles. The molecule has 0 saturated heterocycles. The van der Waals surface area contributed by atoms with Gasteiger partial charge in [0.1, 0.15) is 0 Å².